The first-order chi connectivity index (χ1) is 6.75. The second-order valence-corrected chi connectivity index (χ2v) is 4.25. The summed E-state index contributed by atoms with van der Waals surface area (Å²) in [6.07, 6.45) is 0.693. The largest absolute Gasteiger partial charge is 0.350 e. The van der Waals surface area contributed by atoms with Gasteiger partial charge in [-0.15, -0.1) is 5.10 Å². The smallest absolute Gasteiger partial charge is 0.218 e. The molecule has 1 fully saturated rings. The highest BCUT2D eigenvalue weighted by atomic mass is 79.9. The van der Waals surface area contributed by atoms with Gasteiger partial charge in [-0.2, -0.15) is 4.98 Å². The van der Waals surface area contributed by atoms with Crippen LogP contribution >= 0.6 is 31.9 Å². The predicted molar refractivity (Wildman–Crippen MR) is 55.7 cm³/mol. The molecule has 2 rings (SSSR count). The number of hydrogen-bond acceptors (Lipinski definition) is 4. The van der Waals surface area contributed by atoms with Crippen molar-refractivity contribution >= 4 is 31.9 Å². The number of rotatable bonds is 3. The van der Waals surface area contributed by atoms with Crippen molar-refractivity contribution in [3.8, 4) is 0 Å². The van der Waals surface area contributed by atoms with Crippen LogP contribution in [0.4, 0.5) is 0 Å². The van der Waals surface area contributed by atoms with Crippen LogP contribution in [0.1, 0.15) is 6.42 Å². The molecule has 0 spiro atoms. The fraction of sp³-hybridized carbons (Fsp3) is 0.714. The van der Waals surface area contributed by atoms with Gasteiger partial charge in [-0.3, -0.25) is 0 Å². The molecule has 0 saturated carbocycles. The second-order valence-electron chi connectivity index (χ2n) is 2.83. The SMILES string of the molecule is Brc1nc(Br)n(CCC2OCCO2)n1. The van der Waals surface area contributed by atoms with E-state index in [1.165, 1.54) is 0 Å². The Morgan fingerprint density at radius 2 is 2.07 bits per heavy atom. The molecule has 1 saturated heterocycles. The molecule has 78 valence electrons. The number of aryl methyl sites for hydroxylation is 1. The fourth-order valence-electron chi connectivity index (χ4n) is 1.24. The van der Waals surface area contributed by atoms with E-state index in [1.54, 1.807) is 4.68 Å². The Labute approximate surface area is 98.0 Å². The fourth-order valence-corrected chi connectivity index (χ4v) is 2.26. The summed E-state index contributed by atoms with van der Waals surface area (Å²) in [6.45, 7) is 2.10. The highest BCUT2D eigenvalue weighted by molar-refractivity contribution is 9.11. The molecular weight excluding hydrogens is 318 g/mol. The quantitative estimate of drug-likeness (QED) is 0.846. The third-order valence-electron chi connectivity index (χ3n) is 1.87. The van der Waals surface area contributed by atoms with Crippen molar-refractivity contribution in [1.82, 2.24) is 14.8 Å². The van der Waals surface area contributed by atoms with Crippen molar-refractivity contribution in [2.75, 3.05) is 13.2 Å². The maximum absolute atomic E-state index is 5.31. The third kappa shape index (κ3) is 2.53. The molecular formula is C7H9Br2N3O2. The lowest BCUT2D eigenvalue weighted by molar-refractivity contribution is -0.0497. The van der Waals surface area contributed by atoms with Gasteiger partial charge < -0.3 is 9.47 Å². The minimum absolute atomic E-state index is 0.0927. The average Bonchev–Trinajstić information content (AvgIpc) is 2.72. The van der Waals surface area contributed by atoms with Crippen molar-refractivity contribution in [3.05, 3.63) is 9.47 Å². The van der Waals surface area contributed by atoms with Crippen LogP contribution < -0.4 is 0 Å². The van der Waals surface area contributed by atoms with Crippen molar-refractivity contribution in [2.24, 2.45) is 0 Å². The molecule has 0 amide bonds. The van der Waals surface area contributed by atoms with Gasteiger partial charge in [0.2, 0.25) is 4.73 Å². The number of halogens is 2. The zero-order valence-corrected chi connectivity index (χ0v) is 10.5. The van der Waals surface area contributed by atoms with Crippen molar-refractivity contribution in [1.29, 1.82) is 0 Å². The first-order valence-corrected chi connectivity index (χ1v) is 5.83. The van der Waals surface area contributed by atoms with Gasteiger partial charge >= 0.3 is 0 Å². The molecule has 5 nitrogen and oxygen atoms in total. The summed E-state index contributed by atoms with van der Waals surface area (Å²) >= 11 is 6.51. The van der Waals surface area contributed by atoms with Gasteiger partial charge in [0, 0.05) is 13.0 Å². The summed E-state index contributed by atoms with van der Waals surface area (Å²) in [5.74, 6) is 0. The Morgan fingerprint density at radius 1 is 1.36 bits per heavy atom. The number of nitrogens with zero attached hydrogens (tertiary/aromatic N) is 3. The maximum atomic E-state index is 5.31. The van der Waals surface area contributed by atoms with E-state index < -0.39 is 0 Å². The van der Waals surface area contributed by atoms with E-state index in [1.807, 2.05) is 0 Å². The standard InChI is InChI=1S/C7H9Br2N3O2/c8-6-10-7(9)12(11-6)2-1-5-13-3-4-14-5/h5H,1-4H2. The van der Waals surface area contributed by atoms with Gasteiger partial charge in [0.1, 0.15) is 0 Å². The third-order valence-corrected chi connectivity index (χ3v) is 2.79. The molecule has 2 heterocycles. The van der Waals surface area contributed by atoms with E-state index in [9.17, 15) is 0 Å². The maximum Gasteiger partial charge on any atom is 0.218 e. The zero-order chi connectivity index (χ0) is 9.97. The first-order valence-electron chi connectivity index (χ1n) is 4.25. The van der Waals surface area contributed by atoms with Crippen LogP contribution in [0.2, 0.25) is 0 Å². The van der Waals surface area contributed by atoms with E-state index in [2.05, 4.69) is 41.9 Å². The minimum Gasteiger partial charge on any atom is -0.350 e. The molecule has 1 aliphatic heterocycles. The molecule has 0 bridgehead atoms. The Bertz CT molecular complexity index is 312. The van der Waals surface area contributed by atoms with E-state index in [-0.39, 0.29) is 6.29 Å². The number of aromatic nitrogens is 3. The second kappa shape index (κ2) is 4.69. The average molecular weight is 327 g/mol. The summed E-state index contributed by atoms with van der Waals surface area (Å²) in [5.41, 5.74) is 0. The van der Waals surface area contributed by atoms with E-state index in [0.29, 0.717) is 22.7 Å². The van der Waals surface area contributed by atoms with Crippen molar-refractivity contribution in [2.45, 2.75) is 19.3 Å². The molecule has 0 unspecified atom stereocenters. The monoisotopic (exact) mass is 325 g/mol. The Kier molecular flexibility index (Phi) is 3.53. The van der Waals surface area contributed by atoms with Crippen LogP contribution in [0.15, 0.2) is 9.47 Å². The van der Waals surface area contributed by atoms with Crippen LogP contribution in [0, 0.1) is 0 Å². The van der Waals surface area contributed by atoms with Crippen LogP contribution in [0.25, 0.3) is 0 Å². The molecule has 1 aliphatic rings. The van der Waals surface area contributed by atoms with E-state index in [0.717, 1.165) is 13.0 Å². The topological polar surface area (TPSA) is 49.2 Å². The van der Waals surface area contributed by atoms with Crippen LogP contribution in [0.5, 0.6) is 0 Å². The van der Waals surface area contributed by atoms with Crippen LogP contribution in [-0.4, -0.2) is 34.3 Å². The van der Waals surface area contributed by atoms with E-state index >= 15 is 0 Å². The summed E-state index contributed by atoms with van der Waals surface area (Å²) < 4.78 is 13.7. The van der Waals surface area contributed by atoms with Gasteiger partial charge in [-0.25, -0.2) is 4.68 Å². The predicted octanol–water partition coefficient (Wildman–Crippen LogP) is 1.57. The molecule has 7 heteroatoms. The van der Waals surface area contributed by atoms with E-state index in [4.69, 9.17) is 9.47 Å². The highest BCUT2D eigenvalue weighted by Crippen LogP contribution is 2.14. The normalized spacial score (nSPS) is 17.9. The van der Waals surface area contributed by atoms with Crippen LogP contribution in [0.3, 0.4) is 0 Å². The molecule has 1 aromatic heterocycles. The summed E-state index contributed by atoms with van der Waals surface area (Å²) in [6, 6.07) is 0. The molecule has 0 N–H and O–H groups in total. The number of hydrogen-bond donors (Lipinski definition) is 0. The highest BCUT2D eigenvalue weighted by Gasteiger charge is 2.16. The summed E-state index contributed by atoms with van der Waals surface area (Å²) in [4.78, 5) is 4.06. The van der Waals surface area contributed by atoms with Crippen molar-refractivity contribution < 1.29 is 9.47 Å². The summed E-state index contributed by atoms with van der Waals surface area (Å²) in [5, 5.41) is 4.14. The molecule has 0 atom stereocenters. The van der Waals surface area contributed by atoms with Gasteiger partial charge in [0.05, 0.1) is 13.2 Å². The molecule has 0 radical (unpaired) electrons. The molecule has 14 heavy (non-hydrogen) atoms. The van der Waals surface area contributed by atoms with Gasteiger partial charge in [-0.1, -0.05) is 0 Å². The molecule has 0 aliphatic carbocycles. The van der Waals surface area contributed by atoms with Gasteiger partial charge in [0.15, 0.2) is 11.0 Å². The van der Waals surface area contributed by atoms with Crippen LogP contribution in [-0.2, 0) is 16.0 Å². The first kappa shape index (κ1) is 10.5. The minimum atomic E-state index is -0.0927. The lowest BCUT2D eigenvalue weighted by atomic mass is 10.4. The van der Waals surface area contributed by atoms with Gasteiger partial charge in [0.25, 0.3) is 0 Å². The zero-order valence-electron chi connectivity index (χ0n) is 7.32. The van der Waals surface area contributed by atoms with Gasteiger partial charge in [-0.05, 0) is 31.9 Å². The molecule has 1 aromatic rings. The molecule has 0 aromatic carbocycles. The summed E-state index contributed by atoms with van der Waals surface area (Å²) in [7, 11) is 0. The Hall–Kier alpha value is 0.0200. The Balaban J connectivity index is 1.87. The Morgan fingerprint density at radius 3 is 2.64 bits per heavy atom. The van der Waals surface area contributed by atoms with Crippen molar-refractivity contribution in [3.63, 3.8) is 0 Å². The lowest BCUT2D eigenvalue weighted by Crippen LogP contribution is -2.12. The lowest BCUT2D eigenvalue weighted by Gasteiger charge is -2.08. The number of ether oxygens (including phenoxy) is 2.